The lowest BCUT2D eigenvalue weighted by molar-refractivity contribution is 0.418. The Morgan fingerprint density at radius 1 is 1.24 bits per heavy atom. The molecule has 0 fully saturated rings. The van der Waals surface area contributed by atoms with E-state index in [-0.39, 0.29) is 0 Å². The number of hydrogen-bond acceptors (Lipinski definition) is 5. The number of nitrogens with one attached hydrogen (secondary N) is 1. The molecule has 0 unspecified atom stereocenters. The van der Waals surface area contributed by atoms with E-state index in [1.165, 1.54) is 6.26 Å². The first-order valence-corrected chi connectivity index (χ1v) is 8.72. The zero-order chi connectivity index (χ0) is 15.5. The number of sulfone groups is 1. The van der Waals surface area contributed by atoms with Gasteiger partial charge in [0.15, 0.2) is 15.6 Å². The van der Waals surface area contributed by atoms with E-state index < -0.39 is 9.84 Å². The summed E-state index contributed by atoms with van der Waals surface area (Å²) < 4.78 is 28.1. The average Bonchev–Trinajstić information content (AvgIpc) is 2.86. The molecular weight excluding hydrogens is 288 g/mol. The van der Waals surface area contributed by atoms with Crippen LogP contribution in [-0.4, -0.2) is 26.4 Å². The lowest BCUT2D eigenvalue weighted by Gasteiger charge is -2.04. The molecule has 0 atom stereocenters. The minimum Gasteiger partial charge on any atom is -0.356 e. The second kappa shape index (κ2) is 6.41. The van der Waals surface area contributed by atoms with Crippen molar-refractivity contribution in [3.8, 4) is 11.3 Å². The molecule has 0 aliphatic heterocycles. The standard InChI is InChI=1S/C15H20N2O3S/c1-11(2)9-16-10-13-8-15(20-17-13)12-4-6-14(7-5-12)21(3,18)19/h4-8,11,16H,9-10H2,1-3H3. The van der Waals surface area contributed by atoms with Gasteiger partial charge in [0, 0.05) is 24.4 Å². The Hall–Kier alpha value is -1.66. The van der Waals surface area contributed by atoms with Gasteiger partial charge in [-0.2, -0.15) is 0 Å². The van der Waals surface area contributed by atoms with Crippen molar-refractivity contribution in [2.75, 3.05) is 12.8 Å². The van der Waals surface area contributed by atoms with Crippen LogP contribution in [0.15, 0.2) is 39.8 Å². The molecule has 0 aliphatic carbocycles. The third-order valence-electron chi connectivity index (χ3n) is 2.98. The highest BCUT2D eigenvalue weighted by Crippen LogP contribution is 2.22. The Labute approximate surface area is 125 Å². The lowest BCUT2D eigenvalue weighted by atomic mass is 10.1. The maximum atomic E-state index is 11.4. The fourth-order valence-electron chi connectivity index (χ4n) is 1.89. The predicted octanol–water partition coefficient (Wildman–Crippen LogP) is 2.49. The summed E-state index contributed by atoms with van der Waals surface area (Å²) in [5, 5.41) is 7.30. The summed E-state index contributed by atoms with van der Waals surface area (Å²) in [6.07, 6.45) is 1.19. The second-order valence-corrected chi connectivity index (χ2v) is 7.52. The normalized spacial score (nSPS) is 12.0. The third kappa shape index (κ3) is 4.41. The molecule has 1 heterocycles. The van der Waals surface area contributed by atoms with Crippen LogP contribution in [0.2, 0.25) is 0 Å². The van der Waals surface area contributed by atoms with Gasteiger partial charge in [0.25, 0.3) is 0 Å². The predicted molar refractivity (Wildman–Crippen MR) is 81.6 cm³/mol. The molecule has 0 spiro atoms. The van der Waals surface area contributed by atoms with Gasteiger partial charge >= 0.3 is 0 Å². The molecule has 0 saturated heterocycles. The quantitative estimate of drug-likeness (QED) is 0.887. The molecule has 1 aromatic heterocycles. The van der Waals surface area contributed by atoms with Gasteiger partial charge < -0.3 is 9.84 Å². The van der Waals surface area contributed by atoms with Crippen LogP contribution in [0.4, 0.5) is 0 Å². The van der Waals surface area contributed by atoms with E-state index >= 15 is 0 Å². The Morgan fingerprint density at radius 3 is 2.48 bits per heavy atom. The summed E-state index contributed by atoms with van der Waals surface area (Å²) in [5.41, 5.74) is 1.64. The van der Waals surface area contributed by atoms with Gasteiger partial charge in [-0.1, -0.05) is 19.0 Å². The van der Waals surface area contributed by atoms with Crippen molar-refractivity contribution in [2.24, 2.45) is 5.92 Å². The molecular formula is C15H20N2O3S. The van der Waals surface area contributed by atoms with E-state index in [0.29, 0.717) is 23.1 Å². The van der Waals surface area contributed by atoms with E-state index in [4.69, 9.17) is 4.52 Å². The molecule has 0 bridgehead atoms. The smallest absolute Gasteiger partial charge is 0.175 e. The number of hydrogen-bond donors (Lipinski definition) is 1. The molecule has 6 heteroatoms. The van der Waals surface area contributed by atoms with Crippen LogP contribution in [0.1, 0.15) is 19.5 Å². The van der Waals surface area contributed by atoms with Crippen molar-refractivity contribution in [1.29, 1.82) is 0 Å². The topological polar surface area (TPSA) is 72.2 Å². The molecule has 0 radical (unpaired) electrons. The van der Waals surface area contributed by atoms with E-state index in [1.807, 2.05) is 6.07 Å². The highest BCUT2D eigenvalue weighted by molar-refractivity contribution is 7.90. The van der Waals surface area contributed by atoms with Gasteiger partial charge in [-0.25, -0.2) is 8.42 Å². The summed E-state index contributed by atoms with van der Waals surface area (Å²) in [6.45, 7) is 5.86. The summed E-state index contributed by atoms with van der Waals surface area (Å²) in [5.74, 6) is 1.22. The first-order valence-electron chi connectivity index (χ1n) is 6.83. The Balaban J connectivity index is 2.07. The number of aromatic nitrogens is 1. The highest BCUT2D eigenvalue weighted by atomic mass is 32.2. The number of nitrogens with zero attached hydrogens (tertiary/aromatic N) is 1. The zero-order valence-electron chi connectivity index (χ0n) is 12.5. The summed E-state index contributed by atoms with van der Waals surface area (Å²) in [4.78, 5) is 0.296. The van der Waals surface area contributed by atoms with Gasteiger partial charge in [0.2, 0.25) is 0 Å². The number of rotatable bonds is 6. The van der Waals surface area contributed by atoms with Gasteiger partial charge in [-0.15, -0.1) is 0 Å². The summed E-state index contributed by atoms with van der Waals surface area (Å²) in [6, 6.07) is 8.46. The minimum atomic E-state index is -3.17. The van der Waals surface area contributed by atoms with Crippen LogP contribution in [0.25, 0.3) is 11.3 Å². The van der Waals surface area contributed by atoms with Crippen molar-refractivity contribution in [2.45, 2.75) is 25.3 Å². The fourth-order valence-corrected chi connectivity index (χ4v) is 2.52. The summed E-state index contributed by atoms with van der Waals surface area (Å²) in [7, 11) is -3.17. The van der Waals surface area contributed by atoms with Crippen LogP contribution in [0.5, 0.6) is 0 Å². The van der Waals surface area contributed by atoms with Crippen LogP contribution in [0, 0.1) is 5.92 Å². The molecule has 5 nitrogen and oxygen atoms in total. The minimum absolute atomic E-state index is 0.296. The average molecular weight is 308 g/mol. The fraction of sp³-hybridized carbons (Fsp3) is 0.400. The van der Waals surface area contributed by atoms with Crippen LogP contribution in [-0.2, 0) is 16.4 Å². The zero-order valence-corrected chi connectivity index (χ0v) is 13.3. The third-order valence-corrected chi connectivity index (χ3v) is 4.11. The number of benzene rings is 1. The second-order valence-electron chi connectivity index (χ2n) is 5.50. The Morgan fingerprint density at radius 2 is 1.90 bits per heavy atom. The lowest BCUT2D eigenvalue weighted by Crippen LogP contribution is -2.18. The molecule has 21 heavy (non-hydrogen) atoms. The maximum Gasteiger partial charge on any atom is 0.175 e. The van der Waals surface area contributed by atoms with E-state index in [2.05, 4.69) is 24.3 Å². The van der Waals surface area contributed by atoms with Gasteiger partial charge in [0.05, 0.1) is 10.6 Å². The van der Waals surface area contributed by atoms with Crippen molar-refractivity contribution < 1.29 is 12.9 Å². The van der Waals surface area contributed by atoms with E-state index in [0.717, 1.165) is 17.8 Å². The van der Waals surface area contributed by atoms with Crippen molar-refractivity contribution in [3.05, 3.63) is 36.0 Å². The van der Waals surface area contributed by atoms with Gasteiger partial charge in [-0.05, 0) is 36.7 Å². The summed E-state index contributed by atoms with van der Waals surface area (Å²) >= 11 is 0. The Bertz CT molecular complexity index is 688. The maximum absolute atomic E-state index is 11.4. The van der Waals surface area contributed by atoms with Gasteiger partial charge in [0.1, 0.15) is 0 Å². The van der Waals surface area contributed by atoms with E-state index in [9.17, 15) is 8.42 Å². The molecule has 114 valence electrons. The first kappa shape index (κ1) is 15.7. The van der Waals surface area contributed by atoms with Crippen LogP contribution >= 0.6 is 0 Å². The molecule has 0 saturated carbocycles. The molecule has 2 rings (SSSR count). The molecule has 0 aliphatic rings. The van der Waals surface area contributed by atoms with Crippen molar-refractivity contribution >= 4 is 9.84 Å². The van der Waals surface area contributed by atoms with Crippen molar-refractivity contribution in [3.63, 3.8) is 0 Å². The molecule has 1 N–H and O–H groups in total. The monoisotopic (exact) mass is 308 g/mol. The molecule has 0 amide bonds. The first-order chi connectivity index (χ1) is 9.86. The van der Waals surface area contributed by atoms with Crippen molar-refractivity contribution in [1.82, 2.24) is 10.5 Å². The van der Waals surface area contributed by atoms with Gasteiger partial charge in [-0.3, -0.25) is 0 Å². The SMILES string of the molecule is CC(C)CNCc1cc(-c2ccc(S(C)(=O)=O)cc2)on1. The highest BCUT2D eigenvalue weighted by Gasteiger charge is 2.10. The molecule has 2 aromatic rings. The largest absolute Gasteiger partial charge is 0.356 e. The van der Waals surface area contributed by atoms with E-state index in [1.54, 1.807) is 24.3 Å². The van der Waals surface area contributed by atoms with Crippen LogP contribution < -0.4 is 5.32 Å². The van der Waals surface area contributed by atoms with Crippen LogP contribution in [0.3, 0.4) is 0 Å². The Kier molecular flexibility index (Phi) is 4.80. The molecule has 1 aromatic carbocycles.